The van der Waals surface area contributed by atoms with Crippen LogP contribution in [0, 0.1) is 12.8 Å². The van der Waals surface area contributed by atoms with Crippen LogP contribution in [0.4, 0.5) is 4.79 Å². The zero-order valence-electron chi connectivity index (χ0n) is 14.3. The third kappa shape index (κ3) is 4.47. The number of nitrogens with one attached hydrogen (secondary N) is 1. The highest BCUT2D eigenvalue weighted by Crippen LogP contribution is 2.23. The summed E-state index contributed by atoms with van der Waals surface area (Å²) in [5.74, 6) is 1.71. The van der Waals surface area contributed by atoms with Gasteiger partial charge in [-0.25, -0.2) is 4.79 Å². The first-order valence-corrected chi connectivity index (χ1v) is 8.80. The van der Waals surface area contributed by atoms with Crippen molar-refractivity contribution < 1.29 is 9.32 Å². The van der Waals surface area contributed by atoms with Crippen molar-refractivity contribution in [1.29, 1.82) is 0 Å². The van der Waals surface area contributed by atoms with Crippen LogP contribution < -0.4 is 5.32 Å². The molecule has 2 heterocycles. The molecule has 0 atom stereocenters. The maximum absolute atomic E-state index is 12.4. The van der Waals surface area contributed by atoms with Gasteiger partial charge < -0.3 is 14.7 Å². The van der Waals surface area contributed by atoms with E-state index in [1.807, 2.05) is 17.9 Å². The van der Waals surface area contributed by atoms with Gasteiger partial charge in [-0.3, -0.25) is 4.90 Å². The fourth-order valence-corrected chi connectivity index (χ4v) is 3.49. The van der Waals surface area contributed by atoms with E-state index in [0.717, 1.165) is 62.9 Å². The number of carbonyl (C=O) groups excluding carboxylic acids is 1. The number of carbonyl (C=O) groups is 1. The third-order valence-electron chi connectivity index (χ3n) is 5.06. The van der Waals surface area contributed by atoms with E-state index in [4.69, 9.17) is 4.52 Å². The molecule has 1 saturated carbocycles. The van der Waals surface area contributed by atoms with Gasteiger partial charge in [-0.1, -0.05) is 12.1 Å². The van der Waals surface area contributed by atoms with Gasteiger partial charge in [-0.05, 0) is 38.5 Å². The largest absolute Gasteiger partial charge is 0.360 e. The molecule has 3 rings (SSSR count). The number of rotatable bonds is 3. The van der Waals surface area contributed by atoms with Crippen LogP contribution in [-0.2, 0) is 6.54 Å². The fraction of sp³-hybridized carbons (Fsp3) is 0.765. The summed E-state index contributed by atoms with van der Waals surface area (Å²) in [5.41, 5.74) is 0.916. The Balaban J connectivity index is 1.40. The molecule has 6 nitrogen and oxygen atoms in total. The normalized spacial score (nSPS) is 26.3. The van der Waals surface area contributed by atoms with E-state index in [1.54, 1.807) is 0 Å². The maximum atomic E-state index is 12.4. The second-order valence-corrected chi connectivity index (χ2v) is 7.10. The van der Waals surface area contributed by atoms with E-state index < -0.39 is 0 Å². The third-order valence-corrected chi connectivity index (χ3v) is 5.06. The van der Waals surface area contributed by atoms with Crippen molar-refractivity contribution in [3.8, 4) is 0 Å². The van der Waals surface area contributed by atoms with Crippen molar-refractivity contribution in [3.05, 3.63) is 17.5 Å². The lowest BCUT2D eigenvalue weighted by Crippen LogP contribution is -2.53. The molecule has 2 amide bonds. The van der Waals surface area contributed by atoms with E-state index >= 15 is 0 Å². The molecule has 1 aliphatic heterocycles. The lowest BCUT2D eigenvalue weighted by molar-refractivity contribution is 0.124. The summed E-state index contributed by atoms with van der Waals surface area (Å²) in [6.07, 6.45) is 4.71. The fourth-order valence-electron chi connectivity index (χ4n) is 3.49. The topological polar surface area (TPSA) is 61.6 Å². The first kappa shape index (κ1) is 16.3. The van der Waals surface area contributed by atoms with Gasteiger partial charge in [-0.2, -0.15) is 0 Å². The molecule has 0 spiro atoms. The van der Waals surface area contributed by atoms with E-state index in [0.29, 0.717) is 6.04 Å². The van der Waals surface area contributed by atoms with Crippen molar-refractivity contribution in [2.24, 2.45) is 5.92 Å². The van der Waals surface area contributed by atoms with Gasteiger partial charge in [0.25, 0.3) is 0 Å². The molecule has 23 heavy (non-hydrogen) atoms. The molecule has 0 aromatic carbocycles. The van der Waals surface area contributed by atoms with Crippen molar-refractivity contribution in [2.75, 3.05) is 26.2 Å². The highest BCUT2D eigenvalue weighted by atomic mass is 16.5. The minimum Gasteiger partial charge on any atom is -0.360 e. The maximum Gasteiger partial charge on any atom is 0.317 e. The van der Waals surface area contributed by atoms with Crippen LogP contribution in [0.5, 0.6) is 0 Å². The number of amides is 2. The standard InChI is InChI=1S/C17H28N4O2/c1-13-3-5-15(6-4-13)18-17(22)21-9-7-20(8-10-21)12-16-11-14(2)19-23-16/h11,13,15H,3-10,12H2,1-2H3,(H,18,22). The van der Waals surface area contributed by atoms with E-state index in [2.05, 4.69) is 22.3 Å². The van der Waals surface area contributed by atoms with E-state index in [9.17, 15) is 4.79 Å². The number of nitrogens with zero attached hydrogens (tertiary/aromatic N) is 3. The highest BCUT2D eigenvalue weighted by Gasteiger charge is 2.25. The SMILES string of the molecule is Cc1cc(CN2CCN(C(=O)NC3CCC(C)CC3)CC2)on1. The molecule has 1 aromatic heterocycles. The summed E-state index contributed by atoms with van der Waals surface area (Å²) >= 11 is 0. The summed E-state index contributed by atoms with van der Waals surface area (Å²) in [5, 5.41) is 7.14. The van der Waals surface area contributed by atoms with Crippen LogP contribution in [0.1, 0.15) is 44.1 Å². The zero-order chi connectivity index (χ0) is 16.2. The van der Waals surface area contributed by atoms with Gasteiger partial charge in [-0.15, -0.1) is 0 Å². The second kappa shape index (κ2) is 7.34. The van der Waals surface area contributed by atoms with Gasteiger partial charge >= 0.3 is 6.03 Å². The van der Waals surface area contributed by atoms with Crippen molar-refractivity contribution in [1.82, 2.24) is 20.3 Å². The first-order chi connectivity index (χ1) is 11.1. The summed E-state index contributed by atoms with van der Waals surface area (Å²) < 4.78 is 5.27. The molecule has 2 fully saturated rings. The molecule has 0 bridgehead atoms. The van der Waals surface area contributed by atoms with Crippen molar-refractivity contribution in [2.45, 2.75) is 52.1 Å². The predicted octanol–water partition coefficient (Wildman–Crippen LogP) is 2.39. The van der Waals surface area contributed by atoms with E-state index in [-0.39, 0.29) is 6.03 Å². The molecule has 0 radical (unpaired) electrons. The highest BCUT2D eigenvalue weighted by molar-refractivity contribution is 5.74. The van der Waals surface area contributed by atoms with Crippen molar-refractivity contribution in [3.63, 3.8) is 0 Å². The lowest BCUT2D eigenvalue weighted by atomic mass is 9.87. The second-order valence-electron chi connectivity index (χ2n) is 7.10. The van der Waals surface area contributed by atoms with E-state index in [1.165, 1.54) is 12.8 Å². The van der Waals surface area contributed by atoms with Gasteiger partial charge in [0.1, 0.15) is 0 Å². The number of hydrogen-bond acceptors (Lipinski definition) is 4. The van der Waals surface area contributed by atoms with Crippen LogP contribution in [-0.4, -0.2) is 53.2 Å². The molecular formula is C17H28N4O2. The molecule has 6 heteroatoms. The molecule has 1 aliphatic carbocycles. The Bertz CT molecular complexity index is 514. The molecule has 2 aliphatic rings. The van der Waals surface area contributed by atoms with Gasteiger partial charge in [0, 0.05) is 38.3 Å². The Labute approximate surface area is 138 Å². The minimum atomic E-state index is 0.111. The molecule has 1 aromatic rings. The van der Waals surface area contributed by atoms with Crippen LogP contribution >= 0.6 is 0 Å². The lowest BCUT2D eigenvalue weighted by Gasteiger charge is -2.36. The average molecular weight is 320 g/mol. The van der Waals surface area contributed by atoms with Crippen LogP contribution in [0.3, 0.4) is 0 Å². The smallest absolute Gasteiger partial charge is 0.317 e. The molecule has 128 valence electrons. The Morgan fingerprint density at radius 2 is 1.96 bits per heavy atom. The molecule has 1 N–H and O–H groups in total. The minimum absolute atomic E-state index is 0.111. The number of piperazine rings is 1. The summed E-state index contributed by atoms with van der Waals surface area (Å²) in [4.78, 5) is 16.6. The predicted molar refractivity (Wildman–Crippen MR) is 88.0 cm³/mol. The van der Waals surface area contributed by atoms with Crippen molar-refractivity contribution >= 4 is 6.03 Å². The summed E-state index contributed by atoms with van der Waals surface area (Å²) in [6, 6.07) is 2.46. The number of urea groups is 1. The Morgan fingerprint density at radius 3 is 2.57 bits per heavy atom. The summed E-state index contributed by atoms with van der Waals surface area (Å²) in [7, 11) is 0. The Morgan fingerprint density at radius 1 is 1.26 bits per heavy atom. The van der Waals surface area contributed by atoms with Crippen LogP contribution in [0.15, 0.2) is 10.6 Å². The molecule has 0 unspecified atom stereocenters. The molecular weight excluding hydrogens is 292 g/mol. The average Bonchev–Trinajstić information content (AvgIpc) is 2.95. The first-order valence-electron chi connectivity index (χ1n) is 8.80. The number of aryl methyl sites for hydroxylation is 1. The summed E-state index contributed by atoms with van der Waals surface area (Å²) in [6.45, 7) is 8.33. The van der Waals surface area contributed by atoms with Crippen LogP contribution in [0.25, 0.3) is 0 Å². The van der Waals surface area contributed by atoms with Gasteiger partial charge in [0.15, 0.2) is 5.76 Å². The molecule has 1 saturated heterocycles. The zero-order valence-corrected chi connectivity index (χ0v) is 14.3. The van der Waals surface area contributed by atoms with Crippen LogP contribution in [0.2, 0.25) is 0 Å². The monoisotopic (exact) mass is 320 g/mol. The number of aromatic nitrogens is 1. The number of hydrogen-bond donors (Lipinski definition) is 1. The quantitative estimate of drug-likeness (QED) is 0.929. The Kier molecular flexibility index (Phi) is 5.20. The van der Waals surface area contributed by atoms with Gasteiger partial charge in [0.2, 0.25) is 0 Å². The Hall–Kier alpha value is -1.56. The van der Waals surface area contributed by atoms with Gasteiger partial charge in [0.05, 0.1) is 12.2 Å².